The molecule has 0 saturated carbocycles. The molecule has 5 heteroatoms. The van der Waals surface area contributed by atoms with Crippen LogP contribution in [0.5, 0.6) is 0 Å². The Labute approximate surface area is 149 Å². The molecule has 0 fully saturated rings. The molecule has 2 aromatic rings. The Kier molecular flexibility index (Phi) is 5.68. The monoisotopic (exact) mass is 434 g/mol. The van der Waals surface area contributed by atoms with E-state index in [1.54, 1.807) is 11.3 Å². The van der Waals surface area contributed by atoms with Crippen molar-refractivity contribution in [1.82, 2.24) is 10.3 Å². The maximum absolute atomic E-state index is 6.14. The molecule has 2 nitrogen and oxygen atoms in total. The predicted octanol–water partition coefficient (Wildman–Crippen LogP) is 5.20. The molecular weight excluding hydrogens is 415 g/mol. The predicted molar refractivity (Wildman–Crippen MR) is 100 cm³/mol. The first-order valence-electron chi connectivity index (χ1n) is 6.88. The van der Waals surface area contributed by atoms with E-state index in [1.807, 2.05) is 19.2 Å². The van der Waals surface area contributed by atoms with Crippen molar-refractivity contribution in [3.05, 3.63) is 48.4 Å². The van der Waals surface area contributed by atoms with Crippen LogP contribution in [0.4, 0.5) is 0 Å². The molecule has 2 rings (SSSR count). The van der Waals surface area contributed by atoms with Gasteiger partial charge in [-0.25, -0.2) is 4.98 Å². The fourth-order valence-corrected chi connectivity index (χ4v) is 4.03. The molecule has 0 bridgehead atoms. The van der Waals surface area contributed by atoms with Crippen LogP contribution in [0.3, 0.4) is 0 Å². The van der Waals surface area contributed by atoms with Gasteiger partial charge in [-0.05, 0) is 53.4 Å². The van der Waals surface area contributed by atoms with Gasteiger partial charge in [0, 0.05) is 31.9 Å². The van der Waals surface area contributed by atoms with Crippen molar-refractivity contribution in [2.45, 2.75) is 38.6 Å². The standard InChI is InChI=1S/C16H20ClIN2S/c1-16(2,3)14-9-21-15(20-14)8-13(19-4)11-7-10(17)5-6-12(11)18/h5-7,9,13,19H,8H2,1-4H3. The van der Waals surface area contributed by atoms with Gasteiger partial charge in [0.2, 0.25) is 0 Å². The molecule has 1 N–H and O–H groups in total. The number of nitrogens with one attached hydrogen (secondary N) is 1. The van der Waals surface area contributed by atoms with Crippen molar-refractivity contribution in [2.75, 3.05) is 7.05 Å². The third-order valence-electron chi connectivity index (χ3n) is 3.38. The number of benzene rings is 1. The summed E-state index contributed by atoms with van der Waals surface area (Å²) in [6.07, 6.45) is 0.883. The molecule has 1 atom stereocenters. The highest BCUT2D eigenvalue weighted by Gasteiger charge is 2.20. The molecule has 0 saturated heterocycles. The van der Waals surface area contributed by atoms with Gasteiger partial charge in [0.25, 0.3) is 0 Å². The molecular formula is C16H20ClIN2S. The quantitative estimate of drug-likeness (QED) is 0.669. The maximum Gasteiger partial charge on any atom is 0.0947 e. The van der Waals surface area contributed by atoms with E-state index < -0.39 is 0 Å². The molecule has 0 spiro atoms. The van der Waals surface area contributed by atoms with Gasteiger partial charge in [-0.3, -0.25) is 0 Å². The van der Waals surface area contributed by atoms with Gasteiger partial charge in [-0.2, -0.15) is 0 Å². The summed E-state index contributed by atoms with van der Waals surface area (Å²) in [5, 5.41) is 7.50. The van der Waals surface area contributed by atoms with Gasteiger partial charge in [0.15, 0.2) is 0 Å². The fourth-order valence-electron chi connectivity index (χ4n) is 2.07. The Morgan fingerprint density at radius 2 is 2.10 bits per heavy atom. The van der Waals surface area contributed by atoms with Crippen LogP contribution in [0.1, 0.15) is 43.1 Å². The number of halogens is 2. The molecule has 114 valence electrons. The highest BCUT2D eigenvalue weighted by molar-refractivity contribution is 14.1. The highest BCUT2D eigenvalue weighted by Crippen LogP contribution is 2.29. The van der Waals surface area contributed by atoms with E-state index in [0.717, 1.165) is 22.1 Å². The first-order valence-corrected chi connectivity index (χ1v) is 9.22. The zero-order chi connectivity index (χ0) is 15.6. The average Bonchev–Trinajstić information content (AvgIpc) is 2.87. The minimum absolute atomic E-state index is 0.106. The van der Waals surface area contributed by atoms with Gasteiger partial charge in [-0.1, -0.05) is 32.4 Å². The van der Waals surface area contributed by atoms with Crippen molar-refractivity contribution in [1.29, 1.82) is 0 Å². The van der Waals surface area contributed by atoms with Crippen LogP contribution in [0.15, 0.2) is 23.6 Å². The number of hydrogen-bond acceptors (Lipinski definition) is 3. The van der Waals surface area contributed by atoms with E-state index in [2.05, 4.69) is 60.1 Å². The van der Waals surface area contributed by atoms with Crippen LogP contribution in [-0.4, -0.2) is 12.0 Å². The number of likely N-dealkylation sites (N-methyl/N-ethyl adjacent to an activating group) is 1. The second kappa shape index (κ2) is 6.94. The lowest BCUT2D eigenvalue weighted by Gasteiger charge is -2.18. The summed E-state index contributed by atoms with van der Waals surface area (Å²) in [4.78, 5) is 4.79. The van der Waals surface area contributed by atoms with Gasteiger partial charge in [0.1, 0.15) is 0 Å². The third kappa shape index (κ3) is 4.41. The Bertz CT molecular complexity index is 619. The van der Waals surface area contributed by atoms with Crippen LogP contribution < -0.4 is 5.32 Å². The minimum Gasteiger partial charge on any atom is -0.313 e. The topological polar surface area (TPSA) is 24.9 Å². The van der Waals surface area contributed by atoms with Crippen molar-refractivity contribution >= 4 is 45.5 Å². The average molecular weight is 435 g/mol. The first kappa shape index (κ1) is 17.2. The van der Waals surface area contributed by atoms with Crippen LogP contribution in [-0.2, 0) is 11.8 Å². The Hall–Kier alpha value is -0.170. The molecule has 1 unspecified atom stereocenters. The fraction of sp³-hybridized carbons (Fsp3) is 0.438. The van der Waals surface area contributed by atoms with E-state index >= 15 is 0 Å². The number of nitrogens with zero attached hydrogens (tertiary/aromatic N) is 1. The van der Waals surface area contributed by atoms with Crippen LogP contribution in [0.25, 0.3) is 0 Å². The smallest absolute Gasteiger partial charge is 0.0947 e. The van der Waals surface area contributed by atoms with Gasteiger partial charge in [0.05, 0.1) is 10.7 Å². The molecule has 0 aliphatic rings. The zero-order valence-electron chi connectivity index (χ0n) is 12.7. The molecule has 0 radical (unpaired) electrons. The van der Waals surface area contributed by atoms with Crippen molar-refractivity contribution in [3.63, 3.8) is 0 Å². The van der Waals surface area contributed by atoms with E-state index in [-0.39, 0.29) is 11.5 Å². The lowest BCUT2D eigenvalue weighted by Crippen LogP contribution is -2.20. The summed E-state index contributed by atoms with van der Waals surface area (Å²) < 4.78 is 1.23. The van der Waals surface area contributed by atoms with Crippen LogP contribution in [0, 0.1) is 3.57 Å². The molecule has 0 amide bonds. The second-order valence-corrected chi connectivity index (χ2v) is 8.63. The van der Waals surface area contributed by atoms with Gasteiger partial charge in [-0.15, -0.1) is 11.3 Å². The summed E-state index contributed by atoms with van der Waals surface area (Å²) >= 11 is 10.2. The number of hydrogen-bond donors (Lipinski definition) is 1. The lowest BCUT2D eigenvalue weighted by atomic mass is 9.93. The number of rotatable bonds is 4. The van der Waals surface area contributed by atoms with Crippen molar-refractivity contribution in [3.8, 4) is 0 Å². The van der Waals surface area contributed by atoms with Gasteiger partial charge >= 0.3 is 0 Å². The first-order chi connectivity index (χ1) is 9.81. The highest BCUT2D eigenvalue weighted by atomic mass is 127. The van der Waals surface area contributed by atoms with Crippen LogP contribution >= 0.6 is 45.5 Å². The Morgan fingerprint density at radius 1 is 1.38 bits per heavy atom. The summed E-state index contributed by atoms with van der Waals surface area (Å²) in [6, 6.07) is 6.27. The third-order valence-corrected chi connectivity index (χ3v) is 5.47. The lowest BCUT2D eigenvalue weighted by molar-refractivity contribution is 0.559. The summed E-state index contributed by atoms with van der Waals surface area (Å²) in [7, 11) is 1.99. The van der Waals surface area contributed by atoms with Crippen LogP contribution in [0.2, 0.25) is 5.02 Å². The summed E-state index contributed by atoms with van der Waals surface area (Å²) in [5.74, 6) is 0. The molecule has 1 heterocycles. The Morgan fingerprint density at radius 3 is 2.67 bits per heavy atom. The maximum atomic E-state index is 6.14. The summed E-state index contributed by atoms with van der Waals surface area (Å²) in [6.45, 7) is 6.59. The molecule has 1 aromatic carbocycles. The molecule has 0 aliphatic heterocycles. The van der Waals surface area contributed by atoms with E-state index in [4.69, 9.17) is 16.6 Å². The van der Waals surface area contributed by atoms with Gasteiger partial charge < -0.3 is 5.32 Å². The largest absolute Gasteiger partial charge is 0.313 e. The Balaban J connectivity index is 2.23. The second-order valence-electron chi connectivity index (χ2n) is 6.09. The molecule has 0 aliphatic carbocycles. The molecule has 1 aromatic heterocycles. The number of aromatic nitrogens is 1. The van der Waals surface area contributed by atoms with E-state index in [9.17, 15) is 0 Å². The minimum atomic E-state index is 0.106. The number of thiazole rings is 1. The van der Waals surface area contributed by atoms with E-state index in [0.29, 0.717) is 0 Å². The SMILES string of the molecule is CNC(Cc1nc(C(C)(C)C)cs1)c1cc(Cl)ccc1I. The van der Waals surface area contributed by atoms with E-state index in [1.165, 1.54) is 9.13 Å². The molecule has 21 heavy (non-hydrogen) atoms. The normalized spacial score (nSPS) is 13.4. The van der Waals surface area contributed by atoms with Crippen molar-refractivity contribution in [2.24, 2.45) is 0 Å². The van der Waals surface area contributed by atoms with Crippen molar-refractivity contribution < 1.29 is 0 Å². The zero-order valence-corrected chi connectivity index (χ0v) is 16.4. The summed E-state index contributed by atoms with van der Waals surface area (Å²) in [5.41, 5.74) is 2.50.